The Morgan fingerprint density at radius 3 is 3.10 bits per heavy atom. The summed E-state index contributed by atoms with van der Waals surface area (Å²) in [4.78, 5) is 25.0. The first kappa shape index (κ1) is 12.4. The maximum absolute atomic E-state index is 12.1. The van der Waals surface area contributed by atoms with Gasteiger partial charge in [0.05, 0.1) is 5.52 Å². The Balaban J connectivity index is 1.95. The Hall–Kier alpha value is -2.66. The SMILES string of the molecule is [N-]=[N+]=NCC1CC(=O)N(c2ncnc3ccccc23)C1. The molecule has 0 radical (unpaired) electrons. The van der Waals surface area contributed by atoms with Crippen LogP contribution in [0, 0.1) is 5.92 Å². The molecule has 1 saturated heterocycles. The highest BCUT2D eigenvalue weighted by atomic mass is 16.2. The summed E-state index contributed by atoms with van der Waals surface area (Å²) >= 11 is 0. The predicted molar refractivity (Wildman–Crippen MR) is 74.0 cm³/mol. The fourth-order valence-corrected chi connectivity index (χ4v) is 2.47. The summed E-state index contributed by atoms with van der Waals surface area (Å²) in [6.45, 7) is 0.862. The smallest absolute Gasteiger partial charge is 0.228 e. The van der Waals surface area contributed by atoms with E-state index in [9.17, 15) is 4.79 Å². The van der Waals surface area contributed by atoms with E-state index >= 15 is 0 Å². The molecule has 7 nitrogen and oxygen atoms in total. The number of anilines is 1. The summed E-state index contributed by atoms with van der Waals surface area (Å²) in [7, 11) is 0. The van der Waals surface area contributed by atoms with Crippen molar-refractivity contribution in [3.8, 4) is 0 Å². The van der Waals surface area contributed by atoms with Crippen LogP contribution >= 0.6 is 0 Å². The van der Waals surface area contributed by atoms with Crippen LogP contribution in [-0.2, 0) is 4.79 Å². The largest absolute Gasteiger partial charge is 0.296 e. The molecule has 1 atom stereocenters. The summed E-state index contributed by atoms with van der Waals surface area (Å²) in [5.41, 5.74) is 9.17. The molecule has 1 aliphatic heterocycles. The number of fused-ring (bicyclic) bond motifs is 1. The van der Waals surface area contributed by atoms with Crippen LogP contribution in [0.5, 0.6) is 0 Å². The maximum atomic E-state index is 12.1. The molecule has 100 valence electrons. The van der Waals surface area contributed by atoms with Gasteiger partial charge in [-0.15, -0.1) is 0 Å². The standard InChI is InChI=1S/C13H12N6O/c14-18-17-6-9-5-12(20)19(7-9)13-10-3-1-2-4-11(10)15-8-16-13/h1-4,8-9H,5-7H2. The number of azide groups is 1. The second kappa shape index (κ2) is 5.14. The zero-order chi connectivity index (χ0) is 13.9. The lowest BCUT2D eigenvalue weighted by atomic mass is 10.1. The van der Waals surface area contributed by atoms with Crippen LogP contribution in [0.4, 0.5) is 5.82 Å². The molecule has 0 bridgehead atoms. The number of carbonyl (C=O) groups is 1. The van der Waals surface area contributed by atoms with Crippen molar-refractivity contribution in [3.63, 3.8) is 0 Å². The Bertz CT molecular complexity index is 704. The van der Waals surface area contributed by atoms with Crippen LogP contribution in [0.25, 0.3) is 21.3 Å². The first-order valence-electron chi connectivity index (χ1n) is 6.30. The number of nitrogens with zero attached hydrogens (tertiary/aromatic N) is 6. The number of rotatable bonds is 3. The van der Waals surface area contributed by atoms with E-state index in [0.29, 0.717) is 25.3 Å². The molecule has 1 aromatic carbocycles. The van der Waals surface area contributed by atoms with Gasteiger partial charge in [0.1, 0.15) is 12.1 Å². The number of hydrogen-bond acceptors (Lipinski definition) is 4. The molecular formula is C13H12N6O. The van der Waals surface area contributed by atoms with Crippen LogP contribution in [0.15, 0.2) is 35.7 Å². The van der Waals surface area contributed by atoms with Crippen molar-refractivity contribution in [2.75, 3.05) is 18.0 Å². The molecule has 7 heteroatoms. The van der Waals surface area contributed by atoms with Crippen molar-refractivity contribution in [3.05, 3.63) is 41.0 Å². The zero-order valence-electron chi connectivity index (χ0n) is 10.7. The molecule has 1 aromatic heterocycles. The number of para-hydroxylation sites is 1. The van der Waals surface area contributed by atoms with Crippen LogP contribution in [0.3, 0.4) is 0 Å². The highest BCUT2D eigenvalue weighted by molar-refractivity contribution is 6.02. The zero-order valence-corrected chi connectivity index (χ0v) is 10.7. The molecule has 0 spiro atoms. The first-order valence-corrected chi connectivity index (χ1v) is 6.30. The minimum absolute atomic E-state index is 0.00647. The number of carbonyl (C=O) groups excluding carboxylic acids is 1. The maximum Gasteiger partial charge on any atom is 0.228 e. The van der Waals surface area contributed by atoms with E-state index < -0.39 is 0 Å². The Morgan fingerprint density at radius 1 is 1.40 bits per heavy atom. The molecule has 1 amide bonds. The normalized spacial score (nSPS) is 18.3. The molecule has 2 heterocycles. The van der Waals surface area contributed by atoms with Gasteiger partial charge < -0.3 is 0 Å². The van der Waals surface area contributed by atoms with Gasteiger partial charge in [-0.1, -0.05) is 17.2 Å². The van der Waals surface area contributed by atoms with Gasteiger partial charge >= 0.3 is 0 Å². The van der Waals surface area contributed by atoms with Crippen LogP contribution in [-0.4, -0.2) is 29.0 Å². The highest BCUT2D eigenvalue weighted by Crippen LogP contribution is 2.28. The molecule has 1 aliphatic rings. The summed E-state index contributed by atoms with van der Waals surface area (Å²) in [5, 5.41) is 4.40. The fourth-order valence-electron chi connectivity index (χ4n) is 2.47. The molecule has 2 aromatic rings. The quantitative estimate of drug-likeness (QED) is 0.485. The van der Waals surface area contributed by atoms with E-state index in [2.05, 4.69) is 20.0 Å². The summed E-state index contributed by atoms with van der Waals surface area (Å²) in [6, 6.07) is 7.58. The minimum Gasteiger partial charge on any atom is -0.296 e. The topological polar surface area (TPSA) is 94.9 Å². The van der Waals surface area contributed by atoms with Crippen molar-refractivity contribution in [2.24, 2.45) is 11.0 Å². The highest BCUT2D eigenvalue weighted by Gasteiger charge is 2.31. The van der Waals surface area contributed by atoms with Gasteiger partial charge in [-0.3, -0.25) is 9.69 Å². The first-order chi connectivity index (χ1) is 9.79. The number of hydrogen-bond donors (Lipinski definition) is 0. The van der Waals surface area contributed by atoms with Gasteiger partial charge in [0, 0.05) is 29.8 Å². The molecule has 3 rings (SSSR count). The average Bonchev–Trinajstić information content (AvgIpc) is 2.85. The van der Waals surface area contributed by atoms with E-state index in [1.807, 2.05) is 24.3 Å². The Kier molecular flexibility index (Phi) is 3.18. The molecule has 0 N–H and O–H groups in total. The Labute approximate surface area is 114 Å². The molecular weight excluding hydrogens is 256 g/mol. The van der Waals surface area contributed by atoms with Crippen molar-refractivity contribution in [2.45, 2.75) is 6.42 Å². The van der Waals surface area contributed by atoms with Crippen molar-refractivity contribution in [1.29, 1.82) is 0 Å². The third-order valence-corrected chi connectivity index (χ3v) is 3.39. The lowest BCUT2D eigenvalue weighted by molar-refractivity contribution is -0.117. The summed E-state index contributed by atoms with van der Waals surface area (Å²) in [5.74, 6) is 0.683. The second-order valence-electron chi connectivity index (χ2n) is 4.70. The van der Waals surface area contributed by atoms with Crippen LogP contribution in [0.2, 0.25) is 0 Å². The van der Waals surface area contributed by atoms with E-state index in [-0.39, 0.29) is 11.8 Å². The molecule has 0 aliphatic carbocycles. The molecule has 1 fully saturated rings. The van der Waals surface area contributed by atoms with Crippen LogP contribution < -0.4 is 4.90 Å². The molecule has 1 unspecified atom stereocenters. The fraction of sp³-hybridized carbons (Fsp3) is 0.308. The summed E-state index contributed by atoms with van der Waals surface area (Å²) in [6.07, 6.45) is 1.85. The van der Waals surface area contributed by atoms with Gasteiger partial charge in [-0.2, -0.15) is 0 Å². The Morgan fingerprint density at radius 2 is 2.25 bits per heavy atom. The number of aromatic nitrogens is 2. The van der Waals surface area contributed by atoms with Gasteiger partial charge in [-0.05, 0) is 23.6 Å². The summed E-state index contributed by atoms with van der Waals surface area (Å²) < 4.78 is 0. The average molecular weight is 268 g/mol. The lowest BCUT2D eigenvalue weighted by Crippen LogP contribution is -2.26. The number of amides is 1. The van der Waals surface area contributed by atoms with Crippen molar-refractivity contribution < 1.29 is 4.79 Å². The van der Waals surface area contributed by atoms with Gasteiger partial charge in [-0.25, -0.2) is 9.97 Å². The van der Waals surface area contributed by atoms with Gasteiger partial charge in [0.2, 0.25) is 5.91 Å². The third kappa shape index (κ3) is 2.15. The monoisotopic (exact) mass is 268 g/mol. The molecule has 20 heavy (non-hydrogen) atoms. The van der Waals surface area contributed by atoms with E-state index in [0.717, 1.165) is 10.9 Å². The number of benzene rings is 1. The van der Waals surface area contributed by atoms with E-state index in [1.54, 1.807) is 4.90 Å². The molecule has 0 saturated carbocycles. The van der Waals surface area contributed by atoms with Crippen molar-refractivity contribution in [1.82, 2.24) is 9.97 Å². The van der Waals surface area contributed by atoms with Gasteiger partial charge in [0.25, 0.3) is 0 Å². The van der Waals surface area contributed by atoms with Crippen LogP contribution in [0.1, 0.15) is 6.42 Å². The lowest BCUT2D eigenvalue weighted by Gasteiger charge is -2.16. The van der Waals surface area contributed by atoms with E-state index in [1.165, 1.54) is 6.33 Å². The van der Waals surface area contributed by atoms with Gasteiger partial charge in [0.15, 0.2) is 0 Å². The second-order valence-corrected chi connectivity index (χ2v) is 4.70. The van der Waals surface area contributed by atoms with E-state index in [4.69, 9.17) is 5.53 Å². The predicted octanol–water partition coefficient (Wildman–Crippen LogP) is 2.29. The minimum atomic E-state index is 0.00647. The van der Waals surface area contributed by atoms with Crippen molar-refractivity contribution >= 4 is 22.6 Å². The third-order valence-electron chi connectivity index (χ3n) is 3.39.